The van der Waals surface area contributed by atoms with Gasteiger partial charge in [0.15, 0.2) is 0 Å². The van der Waals surface area contributed by atoms with Crippen LogP contribution in [0.3, 0.4) is 0 Å². The van der Waals surface area contributed by atoms with Crippen molar-refractivity contribution in [2.75, 3.05) is 26.7 Å². The predicted molar refractivity (Wildman–Crippen MR) is 77.0 cm³/mol. The first-order valence-electron chi connectivity index (χ1n) is 6.77. The van der Waals surface area contributed by atoms with E-state index < -0.39 is 0 Å². The number of aromatic amines is 1. The summed E-state index contributed by atoms with van der Waals surface area (Å²) in [5.74, 6) is 1.05. The van der Waals surface area contributed by atoms with Crippen LogP contribution in [0.4, 0.5) is 0 Å². The molecule has 0 spiro atoms. The van der Waals surface area contributed by atoms with Crippen molar-refractivity contribution in [3.63, 3.8) is 0 Å². The van der Waals surface area contributed by atoms with Gasteiger partial charge < -0.3 is 10.3 Å². The lowest BCUT2D eigenvalue weighted by Crippen LogP contribution is -2.44. The summed E-state index contributed by atoms with van der Waals surface area (Å²) in [6, 6.07) is 8.73. The first kappa shape index (κ1) is 12.4. The number of benzene rings is 1. The third-order valence-electron chi connectivity index (χ3n) is 3.86. The topological polar surface area (TPSA) is 44.0 Å². The SMILES string of the molecule is Cc1ccccc1-c1cnc(C2CNCCN2C)[nH]1. The van der Waals surface area contributed by atoms with Crippen molar-refractivity contribution < 1.29 is 0 Å². The van der Waals surface area contributed by atoms with Gasteiger partial charge in [-0.25, -0.2) is 4.98 Å². The Labute approximate surface area is 113 Å². The molecule has 0 aliphatic carbocycles. The van der Waals surface area contributed by atoms with Crippen LogP contribution in [0.25, 0.3) is 11.3 Å². The van der Waals surface area contributed by atoms with Crippen LogP contribution in [-0.4, -0.2) is 41.5 Å². The van der Waals surface area contributed by atoms with E-state index in [0.717, 1.165) is 31.2 Å². The Morgan fingerprint density at radius 1 is 1.32 bits per heavy atom. The number of likely N-dealkylation sites (N-methyl/N-ethyl adjacent to an activating group) is 1. The molecule has 100 valence electrons. The summed E-state index contributed by atoms with van der Waals surface area (Å²) in [6.07, 6.45) is 1.94. The maximum absolute atomic E-state index is 4.57. The monoisotopic (exact) mass is 256 g/mol. The molecule has 1 aliphatic rings. The van der Waals surface area contributed by atoms with Gasteiger partial charge in [0, 0.05) is 25.2 Å². The van der Waals surface area contributed by atoms with Gasteiger partial charge in [-0.3, -0.25) is 4.90 Å². The van der Waals surface area contributed by atoms with Crippen LogP contribution in [0.1, 0.15) is 17.4 Å². The highest BCUT2D eigenvalue weighted by Crippen LogP contribution is 2.24. The lowest BCUT2D eigenvalue weighted by atomic mass is 10.1. The average Bonchev–Trinajstić information content (AvgIpc) is 2.89. The van der Waals surface area contributed by atoms with E-state index in [1.807, 2.05) is 6.20 Å². The number of rotatable bonds is 2. The van der Waals surface area contributed by atoms with Crippen LogP contribution in [-0.2, 0) is 0 Å². The lowest BCUT2D eigenvalue weighted by Gasteiger charge is -2.31. The van der Waals surface area contributed by atoms with Crippen molar-refractivity contribution in [2.24, 2.45) is 0 Å². The minimum absolute atomic E-state index is 0.339. The number of imidazole rings is 1. The second-order valence-corrected chi connectivity index (χ2v) is 5.20. The molecule has 2 N–H and O–H groups in total. The van der Waals surface area contributed by atoms with Crippen molar-refractivity contribution in [3.8, 4) is 11.3 Å². The zero-order chi connectivity index (χ0) is 13.2. The Balaban J connectivity index is 1.89. The molecule has 4 nitrogen and oxygen atoms in total. The van der Waals surface area contributed by atoms with Crippen molar-refractivity contribution in [1.82, 2.24) is 20.2 Å². The lowest BCUT2D eigenvalue weighted by molar-refractivity contribution is 0.195. The molecule has 0 saturated carbocycles. The van der Waals surface area contributed by atoms with Gasteiger partial charge in [-0.15, -0.1) is 0 Å². The molecule has 1 aromatic heterocycles. The Morgan fingerprint density at radius 2 is 2.16 bits per heavy atom. The van der Waals surface area contributed by atoms with Gasteiger partial charge in [0.2, 0.25) is 0 Å². The highest BCUT2D eigenvalue weighted by atomic mass is 15.2. The van der Waals surface area contributed by atoms with E-state index in [1.165, 1.54) is 11.1 Å². The minimum atomic E-state index is 0.339. The molecule has 0 bridgehead atoms. The average molecular weight is 256 g/mol. The molecule has 1 saturated heterocycles. The molecule has 3 rings (SSSR count). The van der Waals surface area contributed by atoms with E-state index >= 15 is 0 Å². The number of nitrogens with one attached hydrogen (secondary N) is 2. The summed E-state index contributed by atoms with van der Waals surface area (Å²) in [4.78, 5) is 10.4. The minimum Gasteiger partial charge on any atom is -0.341 e. The van der Waals surface area contributed by atoms with Gasteiger partial charge in [-0.1, -0.05) is 24.3 Å². The number of aromatic nitrogens is 2. The van der Waals surface area contributed by atoms with Gasteiger partial charge in [0.25, 0.3) is 0 Å². The van der Waals surface area contributed by atoms with E-state index in [4.69, 9.17) is 0 Å². The summed E-state index contributed by atoms with van der Waals surface area (Å²) in [5.41, 5.74) is 3.60. The molecule has 1 fully saturated rings. The molecular formula is C15H20N4. The third-order valence-corrected chi connectivity index (χ3v) is 3.86. The molecule has 4 heteroatoms. The highest BCUT2D eigenvalue weighted by Gasteiger charge is 2.23. The normalized spacial score (nSPS) is 20.6. The fourth-order valence-electron chi connectivity index (χ4n) is 2.63. The molecule has 1 aromatic carbocycles. The van der Waals surface area contributed by atoms with E-state index in [2.05, 4.69) is 58.4 Å². The van der Waals surface area contributed by atoms with Gasteiger partial charge in [0.1, 0.15) is 5.82 Å². The number of hydrogen-bond donors (Lipinski definition) is 2. The number of nitrogens with zero attached hydrogens (tertiary/aromatic N) is 2. The summed E-state index contributed by atoms with van der Waals surface area (Å²) in [7, 11) is 2.15. The highest BCUT2D eigenvalue weighted by molar-refractivity contribution is 5.62. The van der Waals surface area contributed by atoms with Gasteiger partial charge in [0.05, 0.1) is 17.9 Å². The quantitative estimate of drug-likeness (QED) is 0.863. The van der Waals surface area contributed by atoms with Crippen molar-refractivity contribution in [1.29, 1.82) is 0 Å². The van der Waals surface area contributed by atoms with E-state index in [1.54, 1.807) is 0 Å². The Kier molecular flexibility index (Phi) is 3.36. The van der Waals surface area contributed by atoms with E-state index in [0.29, 0.717) is 6.04 Å². The van der Waals surface area contributed by atoms with Crippen molar-refractivity contribution in [2.45, 2.75) is 13.0 Å². The predicted octanol–water partition coefficient (Wildman–Crippen LogP) is 1.96. The van der Waals surface area contributed by atoms with Crippen LogP contribution >= 0.6 is 0 Å². The number of piperazine rings is 1. The molecule has 1 atom stereocenters. The summed E-state index contributed by atoms with van der Waals surface area (Å²) in [6.45, 7) is 5.20. The maximum Gasteiger partial charge on any atom is 0.125 e. The molecule has 2 aromatic rings. The summed E-state index contributed by atoms with van der Waals surface area (Å²) in [5, 5.41) is 3.42. The standard InChI is InChI=1S/C15H20N4/c1-11-5-3-4-6-12(11)13-9-17-15(18-13)14-10-16-7-8-19(14)2/h3-6,9,14,16H,7-8,10H2,1-2H3,(H,17,18). The van der Waals surface area contributed by atoms with Crippen molar-refractivity contribution in [3.05, 3.63) is 41.9 Å². The van der Waals surface area contributed by atoms with Crippen LogP contribution in [0, 0.1) is 6.92 Å². The largest absolute Gasteiger partial charge is 0.341 e. The van der Waals surface area contributed by atoms with Gasteiger partial charge in [-0.05, 0) is 19.5 Å². The van der Waals surface area contributed by atoms with Crippen LogP contribution in [0.5, 0.6) is 0 Å². The molecule has 0 amide bonds. The van der Waals surface area contributed by atoms with Crippen LogP contribution in [0.15, 0.2) is 30.5 Å². The Bertz CT molecular complexity index is 561. The Morgan fingerprint density at radius 3 is 2.95 bits per heavy atom. The number of hydrogen-bond acceptors (Lipinski definition) is 3. The fourth-order valence-corrected chi connectivity index (χ4v) is 2.63. The maximum atomic E-state index is 4.57. The molecule has 1 aliphatic heterocycles. The second-order valence-electron chi connectivity index (χ2n) is 5.20. The summed E-state index contributed by atoms with van der Waals surface area (Å²) >= 11 is 0. The molecule has 2 heterocycles. The van der Waals surface area contributed by atoms with Crippen molar-refractivity contribution >= 4 is 0 Å². The van der Waals surface area contributed by atoms with Crippen LogP contribution in [0.2, 0.25) is 0 Å². The summed E-state index contributed by atoms with van der Waals surface area (Å²) < 4.78 is 0. The third kappa shape index (κ3) is 2.41. The van der Waals surface area contributed by atoms with Gasteiger partial charge >= 0.3 is 0 Å². The zero-order valence-electron chi connectivity index (χ0n) is 11.5. The van der Waals surface area contributed by atoms with E-state index in [-0.39, 0.29) is 0 Å². The van der Waals surface area contributed by atoms with Crippen LogP contribution < -0.4 is 5.32 Å². The number of aryl methyl sites for hydroxylation is 1. The molecule has 0 radical (unpaired) electrons. The molecule has 19 heavy (non-hydrogen) atoms. The zero-order valence-corrected chi connectivity index (χ0v) is 11.5. The number of H-pyrrole nitrogens is 1. The van der Waals surface area contributed by atoms with E-state index in [9.17, 15) is 0 Å². The molecular weight excluding hydrogens is 236 g/mol. The molecule has 1 unspecified atom stereocenters. The Hall–Kier alpha value is -1.65. The smallest absolute Gasteiger partial charge is 0.125 e. The first-order valence-corrected chi connectivity index (χ1v) is 6.77. The first-order chi connectivity index (χ1) is 9.25. The fraction of sp³-hybridized carbons (Fsp3) is 0.400. The second kappa shape index (κ2) is 5.15. The van der Waals surface area contributed by atoms with Gasteiger partial charge in [-0.2, -0.15) is 0 Å².